The Labute approximate surface area is 137 Å². The average molecular weight is 335 g/mol. The van der Waals surface area contributed by atoms with Crippen molar-refractivity contribution in [1.29, 1.82) is 0 Å². The molecule has 0 spiro atoms. The average Bonchev–Trinajstić information content (AvgIpc) is 2.52. The molecule has 0 saturated carbocycles. The number of carbonyl (C=O) groups excluding carboxylic acids is 1. The summed E-state index contributed by atoms with van der Waals surface area (Å²) in [5.41, 5.74) is 0. The van der Waals surface area contributed by atoms with Gasteiger partial charge < -0.3 is 18.0 Å². The molecule has 0 aliphatic carbocycles. The van der Waals surface area contributed by atoms with Crippen LogP contribution in [0.5, 0.6) is 0 Å². The summed E-state index contributed by atoms with van der Waals surface area (Å²) >= 11 is 0. The van der Waals surface area contributed by atoms with Crippen LogP contribution in [-0.2, 0) is 22.8 Å². The maximum atomic E-state index is 11.4. The number of hydrogen-bond acceptors (Lipinski definition) is 5. The molecule has 0 aliphatic heterocycles. The van der Waals surface area contributed by atoms with E-state index in [-0.39, 0.29) is 5.97 Å². The first-order valence-corrected chi connectivity index (χ1v) is 10.6. The zero-order chi connectivity index (χ0) is 16.7. The van der Waals surface area contributed by atoms with Gasteiger partial charge in [0.15, 0.2) is 0 Å². The monoisotopic (exact) mass is 334 g/mol. The van der Waals surface area contributed by atoms with Crippen LogP contribution in [0.1, 0.15) is 66.2 Å². The molecule has 6 heteroatoms. The summed E-state index contributed by atoms with van der Waals surface area (Å²) < 4.78 is 23.2. The van der Waals surface area contributed by atoms with Crippen molar-refractivity contribution in [2.45, 2.75) is 72.3 Å². The van der Waals surface area contributed by atoms with Gasteiger partial charge in [-0.05, 0) is 32.1 Å². The van der Waals surface area contributed by atoms with E-state index in [4.69, 9.17) is 18.0 Å². The predicted molar refractivity (Wildman–Crippen MR) is 89.8 cm³/mol. The summed E-state index contributed by atoms with van der Waals surface area (Å²) in [6.07, 6.45) is 4.82. The lowest BCUT2D eigenvalue weighted by molar-refractivity contribution is -0.143. The van der Waals surface area contributed by atoms with Crippen LogP contribution in [0.3, 0.4) is 0 Å². The molecule has 22 heavy (non-hydrogen) atoms. The van der Waals surface area contributed by atoms with Gasteiger partial charge in [0.05, 0.1) is 6.61 Å². The molecule has 0 bridgehead atoms. The fourth-order valence-electron chi connectivity index (χ4n) is 1.87. The molecule has 0 saturated heterocycles. The fourth-order valence-corrected chi connectivity index (χ4v) is 4.67. The van der Waals surface area contributed by atoms with Crippen LogP contribution in [0.25, 0.3) is 0 Å². The van der Waals surface area contributed by atoms with Gasteiger partial charge in [0.2, 0.25) is 0 Å². The lowest BCUT2D eigenvalue weighted by Gasteiger charge is -2.29. The summed E-state index contributed by atoms with van der Waals surface area (Å²) in [6.45, 7) is 10.5. The Hall–Kier alpha value is -0.433. The molecule has 0 aliphatic rings. The molecule has 0 aromatic heterocycles. The molecule has 0 rings (SSSR count). The first-order chi connectivity index (χ1) is 10.6. The molecule has 0 aromatic carbocycles. The quantitative estimate of drug-likeness (QED) is 0.258. The van der Waals surface area contributed by atoms with E-state index in [0.29, 0.717) is 38.9 Å². The second-order valence-electron chi connectivity index (χ2n) is 5.30. The van der Waals surface area contributed by atoms with E-state index < -0.39 is 8.80 Å². The van der Waals surface area contributed by atoms with Crippen LogP contribution >= 0.6 is 0 Å². The van der Waals surface area contributed by atoms with E-state index in [0.717, 1.165) is 32.1 Å². The Kier molecular flexibility index (Phi) is 13.9. The highest BCUT2D eigenvalue weighted by Crippen LogP contribution is 2.19. The summed E-state index contributed by atoms with van der Waals surface area (Å²) in [4.78, 5) is 11.4. The summed E-state index contributed by atoms with van der Waals surface area (Å²) in [7, 11) is -2.64. The van der Waals surface area contributed by atoms with Gasteiger partial charge in [-0.25, -0.2) is 0 Å². The van der Waals surface area contributed by atoms with Gasteiger partial charge in [-0.2, -0.15) is 0 Å². The number of esters is 1. The van der Waals surface area contributed by atoms with Crippen molar-refractivity contribution < 1.29 is 22.8 Å². The van der Waals surface area contributed by atoms with E-state index in [9.17, 15) is 4.79 Å². The highest BCUT2D eigenvalue weighted by Gasteiger charge is 2.40. The SMILES string of the molecule is CCCO[Si](CCCOC(=O)CCC)(OCCC)OCCC. The minimum atomic E-state index is -2.64. The smallest absolute Gasteiger partial charge is 0.466 e. The van der Waals surface area contributed by atoms with Gasteiger partial charge in [-0.3, -0.25) is 4.79 Å². The van der Waals surface area contributed by atoms with E-state index >= 15 is 0 Å². The molecule has 0 aromatic rings. The van der Waals surface area contributed by atoms with Crippen LogP contribution in [0.4, 0.5) is 0 Å². The van der Waals surface area contributed by atoms with Crippen molar-refractivity contribution in [1.82, 2.24) is 0 Å². The van der Waals surface area contributed by atoms with Gasteiger partial charge in [0, 0.05) is 32.3 Å². The maximum absolute atomic E-state index is 11.4. The van der Waals surface area contributed by atoms with Crippen molar-refractivity contribution >= 4 is 14.8 Å². The Bertz CT molecular complexity index is 251. The maximum Gasteiger partial charge on any atom is 0.501 e. The third kappa shape index (κ3) is 10.3. The topological polar surface area (TPSA) is 54.0 Å². The molecule has 0 N–H and O–H groups in total. The third-order valence-corrected chi connectivity index (χ3v) is 5.82. The van der Waals surface area contributed by atoms with E-state index in [2.05, 4.69) is 20.8 Å². The normalized spacial score (nSPS) is 11.6. The molecule has 0 atom stereocenters. The van der Waals surface area contributed by atoms with E-state index in [1.54, 1.807) is 0 Å². The van der Waals surface area contributed by atoms with Gasteiger partial charge in [-0.15, -0.1) is 0 Å². The first kappa shape index (κ1) is 21.6. The number of carbonyl (C=O) groups is 1. The second-order valence-corrected chi connectivity index (χ2v) is 8.03. The largest absolute Gasteiger partial charge is 0.501 e. The van der Waals surface area contributed by atoms with Crippen LogP contribution in [0.2, 0.25) is 6.04 Å². The van der Waals surface area contributed by atoms with Crippen molar-refractivity contribution in [2.75, 3.05) is 26.4 Å². The Morgan fingerprint density at radius 2 is 1.27 bits per heavy atom. The molecule has 0 unspecified atom stereocenters. The first-order valence-electron chi connectivity index (χ1n) is 8.71. The molecular formula is C16H34O5Si. The molecule has 0 amide bonds. The highest BCUT2D eigenvalue weighted by atomic mass is 28.4. The lowest BCUT2D eigenvalue weighted by atomic mass is 10.3. The second kappa shape index (κ2) is 14.2. The minimum absolute atomic E-state index is 0.131. The fraction of sp³-hybridized carbons (Fsp3) is 0.938. The van der Waals surface area contributed by atoms with Crippen molar-refractivity contribution in [3.63, 3.8) is 0 Å². The number of ether oxygens (including phenoxy) is 1. The summed E-state index contributed by atoms with van der Waals surface area (Å²) in [6, 6.07) is 0.701. The number of rotatable bonds is 15. The number of hydrogen-bond donors (Lipinski definition) is 0. The van der Waals surface area contributed by atoms with Crippen molar-refractivity contribution in [3.8, 4) is 0 Å². The van der Waals surface area contributed by atoms with Crippen LogP contribution in [0.15, 0.2) is 0 Å². The zero-order valence-electron chi connectivity index (χ0n) is 14.8. The predicted octanol–water partition coefficient (Wildman–Crippen LogP) is 3.94. The van der Waals surface area contributed by atoms with Gasteiger partial charge in [0.1, 0.15) is 0 Å². The Morgan fingerprint density at radius 3 is 1.68 bits per heavy atom. The standard InChI is InChI=1S/C16H34O5Si/c1-5-10-16(17)18-14-9-15-22(19-11-6-2,20-12-7-3)21-13-8-4/h5-15H2,1-4H3. The summed E-state index contributed by atoms with van der Waals surface area (Å²) in [5, 5.41) is 0. The van der Waals surface area contributed by atoms with Gasteiger partial charge in [-0.1, -0.05) is 27.7 Å². The van der Waals surface area contributed by atoms with Crippen LogP contribution in [0, 0.1) is 0 Å². The van der Waals surface area contributed by atoms with Crippen LogP contribution < -0.4 is 0 Å². The van der Waals surface area contributed by atoms with Gasteiger partial charge in [0.25, 0.3) is 0 Å². The third-order valence-electron chi connectivity index (χ3n) is 2.92. The molecular weight excluding hydrogens is 300 g/mol. The van der Waals surface area contributed by atoms with E-state index in [1.807, 2.05) is 6.92 Å². The van der Waals surface area contributed by atoms with E-state index in [1.165, 1.54) is 0 Å². The summed E-state index contributed by atoms with van der Waals surface area (Å²) in [5.74, 6) is -0.131. The molecule has 0 heterocycles. The zero-order valence-corrected chi connectivity index (χ0v) is 15.8. The Morgan fingerprint density at radius 1 is 0.773 bits per heavy atom. The highest BCUT2D eigenvalue weighted by molar-refractivity contribution is 6.60. The Balaban J connectivity index is 4.41. The molecule has 0 radical (unpaired) electrons. The van der Waals surface area contributed by atoms with Crippen molar-refractivity contribution in [2.24, 2.45) is 0 Å². The molecule has 5 nitrogen and oxygen atoms in total. The van der Waals surface area contributed by atoms with Crippen molar-refractivity contribution in [3.05, 3.63) is 0 Å². The molecule has 0 fully saturated rings. The van der Waals surface area contributed by atoms with Crippen LogP contribution in [-0.4, -0.2) is 41.2 Å². The molecule has 132 valence electrons. The van der Waals surface area contributed by atoms with Gasteiger partial charge >= 0.3 is 14.8 Å². The lowest BCUT2D eigenvalue weighted by Crippen LogP contribution is -2.46. The minimum Gasteiger partial charge on any atom is -0.466 e.